The zero-order valence-corrected chi connectivity index (χ0v) is 10.4. The second kappa shape index (κ2) is 7.87. The number of rotatable bonds is 8. The minimum atomic E-state index is 0.0830. The predicted molar refractivity (Wildman–Crippen MR) is 70.1 cm³/mol. The van der Waals surface area contributed by atoms with Crippen LogP contribution in [0.2, 0.25) is 0 Å². The molecule has 17 heavy (non-hydrogen) atoms. The first kappa shape index (κ1) is 13.7. The summed E-state index contributed by atoms with van der Waals surface area (Å²) >= 11 is 0. The van der Waals surface area contributed by atoms with Crippen LogP contribution in [0, 0.1) is 0 Å². The summed E-state index contributed by atoms with van der Waals surface area (Å²) in [4.78, 5) is 0. The summed E-state index contributed by atoms with van der Waals surface area (Å²) < 4.78 is 10.6. The maximum atomic E-state index is 5.71. The lowest BCUT2D eigenvalue weighted by Gasteiger charge is -2.07. The Kier molecular flexibility index (Phi) is 6.37. The van der Waals surface area contributed by atoms with E-state index in [9.17, 15) is 0 Å². The molecule has 2 N–H and O–H groups in total. The van der Waals surface area contributed by atoms with E-state index in [1.165, 1.54) is 0 Å². The third-order valence-electron chi connectivity index (χ3n) is 2.56. The fourth-order valence-corrected chi connectivity index (χ4v) is 1.45. The molecule has 0 aliphatic rings. The first-order valence-corrected chi connectivity index (χ1v) is 5.85. The van der Waals surface area contributed by atoms with E-state index in [4.69, 9.17) is 15.2 Å². The van der Waals surface area contributed by atoms with E-state index in [0.29, 0.717) is 6.61 Å². The van der Waals surface area contributed by atoms with Gasteiger partial charge in [0.25, 0.3) is 0 Å². The summed E-state index contributed by atoms with van der Waals surface area (Å²) in [7, 11) is 1.66. The average Bonchev–Trinajstić information content (AvgIpc) is 2.38. The van der Waals surface area contributed by atoms with Gasteiger partial charge in [-0.25, -0.2) is 0 Å². The molecular formula is C14H21NO2. The second-order valence-corrected chi connectivity index (χ2v) is 3.94. The molecule has 3 nitrogen and oxygen atoms in total. The van der Waals surface area contributed by atoms with Crippen LogP contribution in [0.15, 0.2) is 36.9 Å². The first-order valence-electron chi connectivity index (χ1n) is 5.85. The van der Waals surface area contributed by atoms with Crippen molar-refractivity contribution in [1.82, 2.24) is 0 Å². The van der Waals surface area contributed by atoms with Crippen molar-refractivity contribution in [3.63, 3.8) is 0 Å². The van der Waals surface area contributed by atoms with Gasteiger partial charge in [-0.15, -0.1) is 6.58 Å². The van der Waals surface area contributed by atoms with Crippen molar-refractivity contribution < 1.29 is 9.47 Å². The molecule has 94 valence electrons. The Morgan fingerprint density at radius 3 is 2.65 bits per heavy atom. The number of methoxy groups -OCH3 is 1. The van der Waals surface area contributed by atoms with Gasteiger partial charge in [-0.05, 0) is 30.5 Å². The Hall–Kier alpha value is -1.32. The van der Waals surface area contributed by atoms with E-state index < -0.39 is 0 Å². The predicted octanol–water partition coefficient (Wildman–Crippen LogP) is 2.51. The fraction of sp³-hybridized carbons (Fsp3) is 0.429. The van der Waals surface area contributed by atoms with Crippen molar-refractivity contribution in [2.24, 2.45) is 5.73 Å². The van der Waals surface area contributed by atoms with E-state index in [-0.39, 0.29) is 6.04 Å². The third kappa shape index (κ3) is 5.52. The number of nitrogens with two attached hydrogens (primary N) is 1. The van der Waals surface area contributed by atoms with Crippen LogP contribution < -0.4 is 10.5 Å². The van der Waals surface area contributed by atoms with Crippen LogP contribution in [0.25, 0.3) is 0 Å². The molecule has 1 atom stereocenters. The molecule has 0 aromatic heterocycles. The van der Waals surface area contributed by atoms with Gasteiger partial charge in [0.15, 0.2) is 0 Å². The molecule has 1 rings (SSSR count). The van der Waals surface area contributed by atoms with Crippen LogP contribution in [0.1, 0.15) is 18.4 Å². The standard InChI is InChI=1S/C14H21NO2/c1-3-13(15)5-4-10-17-11-12-6-8-14(16-2)9-7-12/h3,6-9,13H,1,4-5,10-11,15H2,2H3/t13-/m1/s1. The van der Waals surface area contributed by atoms with Crippen molar-refractivity contribution in [3.05, 3.63) is 42.5 Å². The van der Waals surface area contributed by atoms with Crippen molar-refractivity contribution in [2.75, 3.05) is 13.7 Å². The van der Waals surface area contributed by atoms with Gasteiger partial charge in [-0.1, -0.05) is 18.2 Å². The lowest BCUT2D eigenvalue weighted by molar-refractivity contribution is 0.116. The molecule has 0 heterocycles. The highest BCUT2D eigenvalue weighted by Gasteiger charge is 1.97. The Morgan fingerprint density at radius 2 is 2.06 bits per heavy atom. The van der Waals surface area contributed by atoms with E-state index >= 15 is 0 Å². The molecule has 0 radical (unpaired) electrons. The van der Waals surface area contributed by atoms with E-state index in [1.54, 1.807) is 13.2 Å². The van der Waals surface area contributed by atoms with Crippen molar-refractivity contribution in [1.29, 1.82) is 0 Å². The summed E-state index contributed by atoms with van der Waals surface area (Å²) in [6.45, 7) is 5.01. The van der Waals surface area contributed by atoms with Crippen LogP contribution in [0.4, 0.5) is 0 Å². The number of benzene rings is 1. The molecule has 0 spiro atoms. The molecule has 0 aliphatic heterocycles. The topological polar surface area (TPSA) is 44.5 Å². The third-order valence-corrected chi connectivity index (χ3v) is 2.56. The van der Waals surface area contributed by atoms with Gasteiger partial charge >= 0.3 is 0 Å². The minimum Gasteiger partial charge on any atom is -0.497 e. The van der Waals surface area contributed by atoms with Crippen LogP contribution in [-0.2, 0) is 11.3 Å². The molecule has 0 amide bonds. The zero-order valence-electron chi connectivity index (χ0n) is 10.4. The molecular weight excluding hydrogens is 214 g/mol. The van der Waals surface area contributed by atoms with Gasteiger partial charge in [0, 0.05) is 12.6 Å². The monoisotopic (exact) mass is 235 g/mol. The average molecular weight is 235 g/mol. The Balaban J connectivity index is 2.15. The van der Waals surface area contributed by atoms with Crippen molar-refractivity contribution in [2.45, 2.75) is 25.5 Å². The van der Waals surface area contributed by atoms with E-state index in [2.05, 4.69) is 6.58 Å². The summed E-state index contributed by atoms with van der Waals surface area (Å²) in [5.41, 5.74) is 6.86. The lowest BCUT2D eigenvalue weighted by atomic mass is 10.2. The van der Waals surface area contributed by atoms with Crippen LogP contribution >= 0.6 is 0 Å². The summed E-state index contributed by atoms with van der Waals surface area (Å²) in [6, 6.07) is 7.97. The van der Waals surface area contributed by atoms with Gasteiger partial charge in [-0.2, -0.15) is 0 Å². The van der Waals surface area contributed by atoms with Gasteiger partial charge in [0.1, 0.15) is 5.75 Å². The Bertz CT molecular complexity index is 321. The maximum absolute atomic E-state index is 5.71. The van der Waals surface area contributed by atoms with Crippen LogP contribution in [0.3, 0.4) is 0 Å². The maximum Gasteiger partial charge on any atom is 0.118 e. The molecule has 3 heteroatoms. The summed E-state index contributed by atoms with van der Waals surface area (Å²) in [5, 5.41) is 0. The molecule has 0 fully saturated rings. The highest BCUT2D eigenvalue weighted by atomic mass is 16.5. The summed E-state index contributed by atoms with van der Waals surface area (Å²) in [6.07, 6.45) is 3.65. The van der Waals surface area contributed by atoms with Crippen molar-refractivity contribution >= 4 is 0 Å². The van der Waals surface area contributed by atoms with E-state index in [1.807, 2.05) is 24.3 Å². The lowest BCUT2D eigenvalue weighted by Crippen LogP contribution is -2.16. The molecule has 0 aliphatic carbocycles. The van der Waals surface area contributed by atoms with Gasteiger partial charge in [0.2, 0.25) is 0 Å². The Labute approximate surface area is 103 Å². The first-order chi connectivity index (χ1) is 8.26. The largest absolute Gasteiger partial charge is 0.497 e. The smallest absolute Gasteiger partial charge is 0.118 e. The molecule has 0 saturated heterocycles. The quantitative estimate of drug-likeness (QED) is 0.556. The molecule has 0 saturated carbocycles. The van der Waals surface area contributed by atoms with Crippen LogP contribution in [0.5, 0.6) is 5.75 Å². The molecule has 1 aromatic carbocycles. The zero-order chi connectivity index (χ0) is 12.5. The van der Waals surface area contributed by atoms with Gasteiger partial charge < -0.3 is 15.2 Å². The molecule has 1 aromatic rings. The number of hydrogen-bond acceptors (Lipinski definition) is 3. The van der Waals surface area contributed by atoms with Gasteiger partial charge in [0.05, 0.1) is 13.7 Å². The SMILES string of the molecule is C=C[C@@H](N)CCCOCc1ccc(OC)cc1. The van der Waals surface area contributed by atoms with Crippen LogP contribution in [-0.4, -0.2) is 19.8 Å². The van der Waals surface area contributed by atoms with Gasteiger partial charge in [-0.3, -0.25) is 0 Å². The minimum absolute atomic E-state index is 0.0830. The Morgan fingerprint density at radius 1 is 1.35 bits per heavy atom. The number of ether oxygens (including phenoxy) is 2. The fourth-order valence-electron chi connectivity index (χ4n) is 1.45. The number of hydrogen-bond donors (Lipinski definition) is 1. The summed E-state index contributed by atoms with van der Waals surface area (Å²) in [5.74, 6) is 0.866. The second-order valence-electron chi connectivity index (χ2n) is 3.94. The molecule has 0 bridgehead atoms. The van der Waals surface area contributed by atoms with E-state index in [0.717, 1.165) is 30.8 Å². The molecule has 0 unspecified atom stereocenters. The highest BCUT2D eigenvalue weighted by molar-refractivity contribution is 5.26. The van der Waals surface area contributed by atoms with Crippen molar-refractivity contribution in [3.8, 4) is 5.75 Å². The highest BCUT2D eigenvalue weighted by Crippen LogP contribution is 2.12. The normalized spacial score (nSPS) is 12.1.